The zero-order valence-corrected chi connectivity index (χ0v) is 15.8. The van der Waals surface area contributed by atoms with Gasteiger partial charge in [-0.3, -0.25) is 9.79 Å². The van der Waals surface area contributed by atoms with E-state index in [0.717, 1.165) is 30.4 Å². The Morgan fingerprint density at radius 3 is 2.67 bits per heavy atom. The first kappa shape index (κ1) is 18.6. The van der Waals surface area contributed by atoms with Gasteiger partial charge in [-0.05, 0) is 23.6 Å². The lowest BCUT2D eigenvalue weighted by atomic mass is 10.1. The molecule has 6 heteroatoms. The van der Waals surface area contributed by atoms with Crippen molar-refractivity contribution in [3.8, 4) is 0 Å². The zero-order valence-electron chi connectivity index (χ0n) is 15.0. The van der Waals surface area contributed by atoms with Gasteiger partial charge in [-0.1, -0.05) is 26.0 Å². The number of hydrogen-bond donors (Lipinski definition) is 2. The van der Waals surface area contributed by atoms with E-state index in [4.69, 9.17) is 0 Å². The third-order valence-corrected chi connectivity index (χ3v) is 5.78. The Morgan fingerprint density at radius 1 is 1.38 bits per heavy atom. The van der Waals surface area contributed by atoms with Gasteiger partial charge in [0.25, 0.3) is 5.91 Å². The highest BCUT2D eigenvalue weighted by atomic mass is 32.2. The van der Waals surface area contributed by atoms with Crippen molar-refractivity contribution in [3.05, 3.63) is 35.4 Å². The quantitative estimate of drug-likeness (QED) is 0.647. The van der Waals surface area contributed by atoms with Gasteiger partial charge < -0.3 is 15.5 Å². The van der Waals surface area contributed by atoms with E-state index in [2.05, 4.69) is 46.1 Å². The average Bonchev–Trinajstić information content (AvgIpc) is 2.62. The van der Waals surface area contributed by atoms with Crippen molar-refractivity contribution >= 4 is 23.6 Å². The van der Waals surface area contributed by atoms with E-state index >= 15 is 0 Å². The van der Waals surface area contributed by atoms with Crippen LogP contribution in [0.5, 0.6) is 0 Å². The van der Waals surface area contributed by atoms with Gasteiger partial charge in [0.1, 0.15) is 0 Å². The summed E-state index contributed by atoms with van der Waals surface area (Å²) in [6.07, 6.45) is 0. The van der Waals surface area contributed by atoms with E-state index < -0.39 is 0 Å². The number of carbonyl (C=O) groups is 1. The zero-order chi connectivity index (χ0) is 17.5. The largest absolute Gasteiger partial charge is 0.355 e. The standard InChI is InChI=1S/C18H28N4OS/c1-13(2)16-12-22(9-10-24-16)18(20-4)21-11-14-5-7-15(8-6-14)17(23)19-3/h5-8,13,16H,9-12H2,1-4H3,(H,19,23)(H,20,21). The van der Waals surface area contributed by atoms with Crippen molar-refractivity contribution in [2.45, 2.75) is 25.6 Å². The van der Waals surface area contributed by atoms with Crippen LogP contribution >= 0.6 is 11.8 Å². The molecule has 132 valence electrons. The molecule has 0 saturated carbocycles. The normalized spacial score (nSPS) is 18.6. The Kier molecular flexibility index (Phi) is 6.97. The van der Waals surface area contributed by atoms with Crippen molar-refractivity contribution in [2.75, 3.05) is 32.9 Å². The number of thioether (sulfide) groups is 1. The number of nitrogens with zero attached hydrogens (tertiary/aromatic N) is 2. The topological polar surface area (TPSA) is 56.7 Å². The molecule has 24 heavy (non-hydrogen) atoms. The van der Waals surface area contributed by atoms with Gasteiger partial charge in [-0.25, -0.2) is 0 Å². The summed E-state index contributed by atoms with van der Waals surface area (Å²) in [5, 5.41) is 6.73. The maximum Gasteiger partial charge on any atom is 0.251 e. The Balaban J connectivity index is 1.93. The van der Waals surface area contributed by atoms with Crippen LogP contribution in [0.3, 0.4) is 0 Å². The van der Waals surface area contributed by atoms with E-state index in [1.54, 1.807) is 7.05 Å². The van der Waals surface area contributed by atoms with Gasteiger partial charge in [-0.2, -0.15) is 11.8 Å². The van der Waals surface area contributed by atoms with Crippen LogP contribution in [0.15, 0.2) is 29.3 Å². The molecule has 0 spiro atoms. The van der Waals surface area contributed by atoms with E-state index in [-0.39, 0.29) is 5.91 Å². The fourth-order valence-corrected chi connectivity index (χ4v) is 4.00. The molecule has 2 rings (SSSR count). The molecule has 0 aromatic heterocycles. The first-order valence-electron chi connectivity index (χ1n) is 8.43. The summed E-state index contributed by atoms with van der Waals surface area (Å²) in [4.78, 5) is 18.4. The maximum absolute atomic E-state index is 11.6. The van der Waals surface area contributed by atoms with E-state index in [1.807, 2.05) is 31.3 Å². The van der Waals surface area contributed by atoms with Crippen molar-refractivity contribution in [2.24, 2.45) is 10.9 Å². The second-order valence-electron chi connectivity index (χ2n) is 6.28. The summed E-state index contributed by atoms with van der Waals surface area (Å²) in [7, 11) is 3.48. The summed E-state index contributed by atoms with van der Waals surface area (Å²) in [5.41, 5.74) is 1.81. The summed E-state index contributed by atoms with van der Waals surface area (Å²) < 4.78 is 0. The Bertz CT molecular complexity index is 571. The van der Waals surface area contributed by atoms with Crippen LogP contribution in [-0.4, -0.2) is 55.0 Å². The number of nitrogens with one attached hydrogen (secondary N) is 2. The van der Waals surface area contributed by atoms with Gasteiger partial charge >= 0.3 is 0 Å². The first-order chi connectivity index (χ1) is 11.5. The highest BCUT2D eigenvalue weighted by Gasteiger charge is 2.24. The van der Waals surface area contributed by atoms with E-state index in [0.29, 0.717) is 23.3 Å². The van der Waals surface area contributed by atoms with Gasteiger partial charge in [0.15, 0.2) is 5.96 Å². The number of hydrogen-bond acceptors (Lipinski definition) is 3. The number of guanidine groups is 1. The van der Waals surface area contributed by atoms with Gasteiger partial charge in [0.2, 0.25) is 0 Å². The molecule has 1 heterocycles. The number of rotatable bonds is 4. The van der Waals surface area contributed by atoms with Crippen LogP contribution in [0.4, 0.5) is 0 Å². The summed E-state index contributed by atoms with van der Waals surface area (Å²) in [6, 6.07) is 7.66. The smallest absolute Gasteiger partial charge is 0.251 e. The molecule has 1 aromatic rings. The number of carbonyl (C=O) groups excluding carboxylic acids is 1. The molecule has 0 bridgehead atoms. The predicted octanol–water partition coefficient (Wildman–Crippen LogP) is 2.19. The van der Waals surface area contributed by atoms with Crippen molar-refractivity contribution in [1.82, 2.24) is 15.5 Å². The van der Waals surface area contributed by atoms with Crippen LogP contribution in [0.2, 0.25) is 0 Å². The van der Waals surface area contributed by atoms with Crippen molar-refractivity contribution in [3.63, 3.8) is 0 Å². The SMILES string of the molecule is CN=C(NCc1ccc(C(=O)NC)cc1)N1CCSC(C(C)C)C1. The minimum atomic E-state index is -0.0594. The number of amides is 1. The highest BCUT2D eigenvalue weighted by Crippen LogP contribution is 2.24. The monoisotopic (exact) mass is 348 g/mol. The Morgan fingerprint density at radius 2 is 2.08 bits per heavy atom. The molecule has 1 aromatic carbocycles. The van der Waals surface area contributed by atoms with Crippen molar-refractivity contribution < 1.29 is 4.79 Å². The second-order valence-corrected chi connectivity index (χ2v) is 7.62. The minimum Gasteiger partial charge on any atom is -0.355 e. The van der Waals surface area contributed by atoms with Crippen LogP contribution in [-0.2, 0) is 6.54 Å². The molecule has 1 fully saturated rings. The molecule has 0 radical (unpaired) electrons. The molecule has 5 nitrogen and oxygen atoms in total. The molecule has 0 aliphatic carbocycles. The minimum absolute atomic E-state index is 0.0594. The molecule has 1 amide bonds. The van der Waals surface area contributed by atoms with E-state index in [1.165, 1.54) is 0 Å². The lowest BCUT2D eigenvalue weighted by molar-refractivity contribution is 0.0963. The van der Waals surface area contributed by atoms with Crippen LogP contribution in [0.1, 0.15) is 29.8 Å². The van der Waals surface area contributed by atoms with Crippen LogP contribution in [0, 0.1) is 5.92 Å². The maximum atomic E-state index is 11.6. The second kappa shape index (κ2) is 8.97. The molecule has 1 unspecified atom stereocenters. The van der Waals surface area contributed by atoms with Crippen LogP contribution in [0.25, 0.3) is 0 Å². The summed E-state index contributed by atoms with van der Waals surface area (Å²) in [6.45, 7) is 7.34. The fraction of sp³-hybridized carbons (Fsp3) is 0.556. The molecular weight excluding hydrogens is 320 g/mol. The number of aliphatic imine (C=N–C) groups is 1. The molecule has 1 atom stereocenters. The molecule has 1 aliphatic rings. The van der Waals surface area contributed by atoms with Crippen LogP contribution < -0.4 is 10.6 Å². The van der Waals surface area contributed by atoms with Gasteiger partial charge in [0, 0.05) is 50.3 Å². The molecule has 1 saturated heterocycles. The summed E-state index contributed by atoms with van der Waals surface area (Å²) in [5.74, 6) is 2.71. The molecular formula is C18H28N4OS. The average molecular weight is 349 g/mol. The van der Waals surface area contributed by atoms with E-state index in [9.17, 15) is 4.79 Å². The predicted molar refractivity (Wildman–Crippen MR) is 103 cm³/mol. The Labute approximate surface area is 149 Å². The highest BCUT2D eigenvalue weighted by molar-refractivity contribution is 8.00. The third-order valence-electron chi connectivity index (χ3n) is 4.24. The molecule has 2 N–H and O–H groups in total. The number of benzene rings is 1. The summed E-state index contributed by atoms with van der Waals surface area (Å²) >= 11 is 2.06. The fourth-order valence-electron chi connectivity index (χ4n) is 2.70. The van der Waals surface area contributed by atoms with Gasteiger partial charge in [0.05, 0.1) is 0 Å². The van der Waals surface area contributed by atoms with Gasteiger partial charge in [-0.15, -0.1) is 0 Å². The first-order valence-corrected chi connectivity index (χ1v) is 9.48. The third kappa shape index (κ3) is 4.90. The molecule has 1 aliphatic heterocycles. The lowest BCUT2D eigenvalue weighted by Crippen LogP contribution is -2.48. The van der Waals surface area contributed by atoms with Crippen molar-refractivity contribution in [1.29, 1.82) is 0 Å². The lowest BCUT2D eigenvalue weighted by Gasteiger charge is -2.36. The Hall–Kier alpha value is -1.69.